The van der Waals surface area contributed by atoms with Gasteiger partial charge in [0.05, 0.1) is 13.2 Å². The maximum Gasteiger partial charge on any atom is 0.119 e. The van der Waals surface area contributed by atoms with Crippen LogP contribution in [-0.2, 0) is 4.74 Å². The van der Waals surface area contributed by atoms with E-state index in [1.807, 2.05) is 54.6 Å². The van der Waals surface area contributed by atoms with E-state index >= 15 is 0 Å². The van der Waals surface area contributed by atoms with Crippen molar-refractivity contribution in [2.45, 2.75) is 6.42 Å². The van der Waals surface area contributed by atoms with Gasteiger partial charge < -0.3 is 9.47 Å². The molecular formula is C26H25Cl3O2. The lowest BCUT2D eigenvalue weighted by atomic mass is 9.88. The Kier molecular flexibility index (Phi) is 9.77. The molecule has 0 radical (unpaired) electrons. The summed E-state index contributed by atoms with van der Waals surface area (Å²) in [5.41, 5.74) is 5.68. The second-order valence-corrected chi connectivity index (χ2v) is 8.03. The predicted octanol–water partition coefficient (Wildman–Crippen LogP) is 7.56. The molecule has 162 valence electrons. The molecular weight excluding hydrogens is 451 g/mol. The number of halogens is 3. The van der Waals surface area contributed by atoms with Crippen LogP contribution in [0.1, 0.15) is 23.1 Å². The first-order chi connectivity index (χ1) is 15.2. The van der Waals surface area contributed by atoms with Crippen LogP contribution >= 0.6 is 34.8 Å². The highest BCUT2D eigenvalue weighted by molar-refractivity contribution is 6.30. The summed E-state index contributed by atoms with van der Waals surface area (Å²) < 4.78 is 11.1. The maximum atomic E-state index is 6.21. The minimum Gasteiger partial charge on any atom is -0.491 e. The van der Waals surface area contributed by atoms with Crippen LogP contribution in [0.4, 0.5) is 0 Å². The topological polar surface area (TPSA) is 18.5 Å². The van der Waals surface area contributed by atoms with Crippen LogP contribution in [-0.4, -0.2) is 31.6 Å². The van der Waals surface area contributed by atoms with Crippen molar-refractivity contribution in [1.29, 1.82) is 0 Å². The first-order valence-corrected chi connectivity index (χ1v) is 11.6. The molecule has 0 aliphatic heterocycles. The largest absolute Gasteiger partial charge is 0.491 e. The van der Waals surface area contributed by atoms with Crippen LogP contribution in [0.15, 0.2) is 78.9 Å². The summed E-state index contributed by atoms with van der Waals surface area (Å²) in [6.07, 6.45) is 0.750. The normalized spacial score (nSPS) is 11.8. The van der Waals surface area contributed by atoms with Gasteiger partial charge in [-0.3, -0.25) is 0 Å². The number of alkyl halides is 2. The lowest BCUT2D eigenvalue weighted by Crippen LogP contribution is -2.08. The van der Waals surface area contributed by atoms with Crippen molar-refractivity contribution in [2.24, 2.45) is 0 Å². The number of hydrogen-bond acceptors (Lipinski definition) is 2. The Morgan fingerprint density at radius 3 is 1.90 bits per heavy atom. The molecule has 0 amide bonds. The summed E-state index contributed by atoms with van der Waals surface area (Å²) in [6, 6.07) is 26.4. The fourth-order valence-electron chi connectivity index (χ4n) is 3.37. The molecule has 0 saturated carbocycles. The van der Waals surface area contributed by atoms with E-state index in [0.717, 1.165) is 34.4 Å². The van der Waals surface area contributed by atoms with Gasteiger partial charge in [0.1, 0.15) is 12.4 Å². The summed E-state index contributed by atoms with van der Waals surface area (Å²) in [5, 5.41) is 0.710. The maximum absolute atomic E-state index is 6.21. The van der Waals surface area contributed by atoms with Crippen LogP contribution in [0, 0.1) is 0 Å². The van der Waals surface area contributed by atoms with E-state index in [1.165, 1.54) is 5.57 Å². The Labute approximate surface area is 199 Å². The van der Waals surface area contributed by atoms with Gasteiger partial charge in [-0.15, -0.1) is 23.2 Å². The monoisotopic (exact) mass is 474 g/mol. The molecule has 0 spiro atoms. The molecule has 0 aliphatic rings. The second-order valence-electron chi connectivity index (χ2n) is 6.84. The molecule has 0 N–H and O–H groups in total. The van der Waals surface area contributed by atoms with Gasteiger partial charge in [0.2, 0.25) is 0 Å². The molecule has 0 atom stereocenters. The van der Waals surface area contributed by atoms with Crippen LogP contribution < -0.4 is 4.74 Å². The van der Waals surface area contributed by atoms with Crippen molar-refractivity contribution < 1.29 is 9.47 Å². The van der Waals surface area contributed by atoms with E-state index in [1.54, 1.807) is 0 Å². The zero-order valence-electron chi connectivity index (χ0n) is 17.2. The van der Waals surface area contributed by atoms with Crippen molar-refractivity contribution in [3.63, 3.8) is 0 Å². The third-order valence-corrected chi connectivity index (χ3v) is 5.36. The molecule has 3 aromatic rings. The van der Waals surface area contributed by atoms with Gasteiger partial charge >= 0.3 is 0 Å². The molecule has 3 rings (SSSR count). The predicted molar refractivity (Wildman–Crippen MR) is 133 cm³/mol. The van der Waals surface area contributed by atoms with Crippen LogP contribution in [0.25, 0.3) is 11.1 Å². The zero-order chi connectivity index (χ0) is 21.9. The van der Waals surface area contributed by atoms with Crippen molar-refractivity contribution in [3.8, 4) is 5.75 Å². The van der Waals surface area contributed by atoms with Crippen molar-refractivity contribution in [3.05, 3.63) is 101 Å². The van der Waals surface area contributed by atoms with Crippen LogP contribution in [0.3, 0.4) is 0 Å². The summed E-state index contributed by atoms with van der Waals surface area (Å²) in [7, 11) is 0. The standard InChI is InChI=1S/C26H25Cl3O2/c27-15-14-25(20-4-2-1-3-5-20)26(21-6-10-23(29)11-7-21)22-8-12-24(13-9-22)31-19-18-30-17-16-28/h1-13H,14-19H2/b26-25+. The SMILES string of the molecule is ClCCOCCOc1ccc(/C(=C(\CCCl)c2ccccc2)c2ccc(Cl)cc2)cc1. The van der Waals surface area contributed by atoms with Gasteiger partial charge in [0.25, 0.3) is 0 Å². The minimum absolute atomic E-state index is 0.484. The number of hydrogen-bond donors (Lipinski definition) is 0. The van der Waals surface area contributed by atoms with Gasteiger partial charge in [0, 0.05) is 16.8 Å². The first-order valence-electron chi connectivity index (χ1n) is 10.2. The van der Waals surface area contributed by atoms with E-state index in [-0.39, 0.29) is 0 Å². The quantitative estimate of drug-likeness (QED) is 0.162. The number of ether oxygens (including phenoxy) is 2. The fraction of sp³-hybridized carbons (Fsp3) is 0.231. The summed E-state index contributed by atoms with van der Waals surface area (Å²) in [5.74, 6) is 1.82. The molecule has 2 nitrogen and oxygen atoms in total. The smallest absolute Gasteiger partial charge is 0.119 e. The van der Waals surface area contributed by atoms with E-state index < -0.39 is 0 Å². The lowest BCUT2D eigenvalue weighted by molar-refractivity contribution is 0.111. The Hall–Kier alpha value is -1.97. The first kappa shape index (κ1) is 23.7. The van der Waals surface area contributed by atoms with Crippen LogP contribution in [0.2, 0.25) is 5.02 Å². The minimum atomic E-state index is 0.484. The van der Waals surface area contributed by atoms with Crippen molar-refractivity contribution in [1.82, 2.24) is 0 Å². The van der Waals surface area contributed by atoms with Gasteiger partial charge in [-0.25, -0.2) is 0 Å². The van der Waals surface area contributed by atoms with Gasteiger partial charge in [-0.05, 0) is 58.5 Å². The molecule has 0 fully saturated rings. The average Bonchev–Trinajstić information content (AvgIpc) is 2.81. The molecule has 0 bridgehead atoms. The number of benzene rings is 3. The molecule has 0 aliphatic carbocycles. The molecule has 31 heavy (non-hydrogen) atoms. The third-order valence-electron chi connectivity index (χ3n) is 4.76. The highest BCUT2D eigenvalue weighted by Gasteiger charge is 2.14. The fourth-order valence-corrected chi connectivity index (χ4v) is 3.80. The Morgan fingerprint density at radius 1 is 0.645 bits per heavy atom. The van der Waals surface area contributed by atoms with Gasteiger partial charge in [0.15, 0.2) is 0 Å². The molecule has 3 aromatic carbocycles. The summed E-state index contributed by atoms with van der Waals surface area (Å²) in [6.45, 7) is 1.53. The highest BCUT2D eigenvalue weighted by atomic mass is 35.5. The van der Waals surface area contributed by atoms with Gasteiger partial charge in [-0.1, -0.05) is 66.2 Å². The Morgan fingerprint density at radius 2 is 1.29 bits per heavy atom. The van der Waals surface area contributed by atoms with E-state index in [2.05, 4.69) is 24.3 Å². The average molecular weight is 476 g/mol. The zero-order valence-corrected chi connectivity index (χ0v) is 19.5. The van der Waals surface area contributed by atoms with Gasteiger partial charge in [-0.2, -0.15) is 0 Å². The van der Waals surface area contributed by atoms with Crippen LogP contribution in [0.5, 0.6) is 5.75 Å². The summed E-state index contributed by atoms with van der Waals surface area (Å²) >= 11 is 18.0. The van der Waals surface area contributed by atoms with E-state index in [4.69, 9.17) is 44.3 Å². The Bertz CT molecular complexity index is 952. The second kappa shape index (κ2) is 12.8. The molecule has 0 heterocycles. The van der Waals surface area contributed by atoms with Crippen molar-refractivity contribution in [2.75, 3.05) is 31.6 Å². The number of allylic oxidation sites excluding steroid dienone is 1. The molecule has 0 aromatic heterocycles. The third kappa shape index (κ3) is 7.02. The molecule has 0 saturated heterocycles. The number of rotatable bonds is 11. The molecule has 0 unspecified atom stereocenters. The highest BCUT2D eigenvalue weighted by Crippen LogP contribution is 2.35. The lowest BCUT2D eigenvalue weighted by Gasteiger charge is -2.17. The van der Waals surface area contributed by atoms with Crippen molar-refractivity contribution >= 4 is 45.9 Å². The Balaban J connectivity index is 1.96. The van der Waals surface area contributed by atoms with E-state index in [0.29, 0.717) is 36.6 Å². The summed E-state index contributed by atoms with van der Waals surface area (Å²) in [4.78, 5) is 0. The molecule has 5 heteroatoms. The van der Waals surface area contributed by atoms with E-state index in [9.17, 15) is 0 Å².